The molecule has 1 atom stereocenters. The zero-order chi connectivity index (χ0) is 18.7. The highest BCUT2D eigenvalue weighted by atomic mass is 35.5. The third kappa shape index (κ3) is 3.92. The number of benzene rings is 2. The van der Waals surface area contributed by atoms with Crippen LogP contribution in [0.2, 0.25) is 5.02 Å². The van der Waals surface area contributed by atoms with Gasteiger partial charge >= 0.3 is 0 Å². The van der Waals surface area contributed by atoms with Crippen LogP contribution in [-0.2, 0) is 10.0 Å². The molecule has 0 saturated carbocycles. The van der Waals surface area contributed by atoms with Crippen LogP contribution in [0.5, 0.6) is 0 Å². The van der Waals surface area contributed by atoms with Gasteiger partial charge in [-0.15, -0.1) is 0 Å². The molecule has 0 spiro atoms. The minimum atomic E-state index is -3.54. The van der Waals surface area contributed by atoms with Gasteiger partial charge in [-0.1, -0.05) is 30.2 Å². The van der Waals surface area contributed by atoms with E-state index in [2.05, 4.69) is 5.32 Å². The average Bonchev–Trinajstić information content (AvgIpc) is 2.64. The highest BCUT2D eigenvalue weighted by Crippen LogP contribution is 2.26. The first-order chi connectivity index (χ1) is 12.4. The van der Waals surface area contributed by atoms with E-state index in [9.17, 15) is 13.2 Å². The first kappa shape index (κ1) is 18.9. The number of piperidine rings is 1. The van der Waals surface area contributed by atoms with Crippen LogP contribution >= 0.6 is 11.6 Å². The van der Waals surface area contributed by atoms with Gasteiger partial charge in [-0.05, 0) is 56.2 Å². The summed E-state index contributed by atoms with van der Waals surface area (Å²) in [5.41, 5.74) is 0.883. The van der Waals surface area contributed by atoms with Crippen molar-refractivity contribution in [3.8, 4) is 0 Å². The lowest BCUT2D eigenvalue weighted by Gasteiger charge is -2.32. The Labute approximate surface area is 159 Å². The van der Waals surface area contributed by atoms with Gasteiger partial charge in [0.1, 0.15) is 0 Å². The monoisotopic (exact) mass is 392 g/mol. The Morgan fingerprint density at radius 2 is 1.81 bits per heavy atom. The fourth-order valence-electron chi connectivity index (χ4n) is 3.10. The lowest BCUT2D eigenvalue weighted by molar-refractivity contribution is 0.102. The van der Waals surface area contributed by atoms with Crippen LogP contribution in [0, 0.1) is 0 Å². The number of carbonyl (C=O) groups is 1. The van der Waals surface area contributed by atoms with Crippen molar-refractivity contribution in [1.29, 1.82) is 0 Å². The summed E-state index contributed by atoms with van der Waals surface area (Å²) in [6, 6.07) is 13.0. The maximum Gasteiger partial charge on any atom is 0.255 e. The van der Waals surface area contributed by atoms with E-state index in [1.165, 1.54) is 24.3 Å². The maximum absolute atomic E-state index is 12.8. The van der Waals surface area contributed by atoms with Crippen LogP contribution in [0.25, 0.3) is 0 Å². The molecule has 1 N–H and O–H groups in total. The van der Waals surface area contributed by atoms with E-state index in [1.54, 1.807) is 28.6 Å². The number of rotatable bonds is 4. The fraction of sp³-hybridized carbons (Fsp3) is 0.316. The number of carbonyl (C=O) groups excluding carboxylic acids is 1. The molecule has 1 fully saturated rings. The number of nitrogens with one attached hydrogen (secondary N) is 1. The molecule has 7 heteroatoms. The van der Waals surface area contributed by atoms with E-state index >= 15 is 0 Å². The van der Waals surface area contributed by atoms with Crippen molar-refractivity contribution >= 4 is 33.2 Å². The first-order valence-corrected chi connectivity index (χ1v) is 10.4. The molecule has 138 valence electrons. The second-order valence-corrected chi connectivity index (χ2v) is 8.72. The third-order valence-electron chi connectivity index (χ3n) is 4.59. The van der Waals surface area contributed by atoms with Crippen molar-refractivity contribution in [2.24, 2.45) is 0 Å². The number of amides is 1. The van der Waals surface area contributed by atoms with Crippen LogP contribution < -0.4 is 5.32 Å². The summed E-state index contributed by atoms with van der Waals surface area (Å²) in [5.74, 6) is -0.339. The van der Waals surface area contributed by atoms with E-state index in [4.69, 9.17) is 11.6 Å². The zero-order valence-corrected chi connectivity index (χ0v) is 16.1. The van der Waals surface area contributed by atoms with Gasteiger partial charge in [0.2, 0.25) is 10.0 Å². The standard InChI is InChI=1S/C19H21ClN2O3S/c1-14-6-4-5-13-22(14)26(24,25)16-11-9-15(10-12-16)19(23)21-18-8-3-2-7-17(18)20/h2-3,7-12,14H,4-6,13H2,1H3,(H,21,23). The van der Waals surface area contributed by atoms with Crippen LogP contribution in [-0.4, -0.2) is 31.2 Å². The van der Waals surface area contributed by atoms with E-state index in [0.717, 1.165) is 19.3 Å². The minimum Gasteiger partial charge on any atom is -0.321 e. The Balaban J connectivity index is 1.77. The fourth-order valence-corrected chi connectivity index (χ4v) is 4.98. The molecular weight excluding hydrogens is 372 g/mol. The molecule has 0 radical (unpaired) electrons. The molecule has 1 aliphatic heterocycles. The summed E-state index contributed by atoms with van der Waals surface area (Å²) < 4.78 is 27.2. The Morgan fingerprint density at radius 1 is 1.12 bits per heavy atom. The summed E-state index contributed by atoms with van der Waals surface area (Å²) in [7, 11) is -3.54. The number of sulfonamides is 1. The molecular formula is C19H21ClN2O3S. The van der Waals surface area contributed by atoms with Crippen molar-refractivity contribution in [1.82, 2.24) is 4.31 Å². The number of para-hydroxylation sites is 1. The van der Waals surface area contributed by atoms with E-state index < -0.39 is 10.0 Å². The van der Waals surface area contributed by atoms with Crippen molar-refractivity contribution in [3.63, 3.8) is 0 Å². The van der Waals surface area contributed by atoms with Gasteiger partial charge in [0.15, 0.2) is 0 Å². The molecule has 1 saturated heterocycles. The quantitative estimate of drug-likeness (QED) is 0.849. The molecule has 1 unspecified atom stereocenters. The SMILES string of the molecule is CC1CCCCN1S(=O)(=O)c1ccc(C(=O)Nc2ccccc2Cl)cc1. The van der Waals surface area contributed by atoms with Gasteiger partial charge in [-0.2, -0.15) is 4.31 Å². The van der Waals surface area contributed by atoms with Crippen molar-refractivity contribution in [2.75, 3.05) is 11.9 Å². The van der Waals surface area contributed by atoms with Gasteiger partial charge in [0.25, 0.3) is 5.91 Å². The van der Waals surface area contributed by atoms with Gasteiger partial charge in [-0.25, -0.2) is 8.42 Å². The number of hydrogen-bond donors (Lipinski definition) is 1. The number of hydrogen-bond acceptors (Lipinski definition) is 3. The predicted molar refractivity (Wildman–Crippen MR) is 103 cm³/mol. The van der Waals surface area contributed by atoms with Gasteiger partial charge < -0.3 is 5.32 Å². The van der Waals surface area contributed by atoms with Crippen molar-refractivity contribution < 1.29 is 13.2 Å². The molecule has 0 aliphatic carbocycles. The van der Waals surface area contributed by atoms with Crippen LogP contribution in [0.4, 0.5) is 5.69 Å². The van der Waals surface area contributed by atoms with Gasteiger partial charge in [0, 0.05) is 18.2 Å². The first-order valence-electron chi connectivity index (χ1n) is 8.57. The molecule has 0 bridgehead atoms. The summed E-state index contributed by atoms with van der Waals surface area (Å²) >= 11 is 6.04. The second-order valence-electron chi connectivity index (χ2n) is 6.42. The van der Waals surface area contributed by atoms with Crippen molar-refractivity contribution in [3.05, 3.63) is 59.1 Å². The average molecular weight is 393 g/mol. The minimum absolute atomic E-state index is 0.00283. The lowest BCUT2D eigenvalue weighted by Crippen LogP contribution is -2.41. The van der Waals surface area contributed by atoms with E-state index in [-0.39, 0.29) is 16.8 Å². The summed E-state index contributed by atoms with van der Waals surface area (Å²) in [4.78, 5) is 12.6. The largest absolute Gasteiger partial charge is 0.321 e. The smallest absolute Gasteiger partial charge is 0.255 e. The number of halogens is 1. The highest BCUT2D eigenvalue weighted by Gasteiger charge is 2.30. The number of nitrogens with zero attached hydrogens (tertiary/aromatic N) is 1. The van der Waals surface area contributed by atoms with E-state index in [0.29, 0.717) is 22.8 Å². The molecule has 1 amide bonds. The third-order valence-corrected chi connectivity index (χ3v) is 6.94. The van der Waals surface area contributed by atoms with E-state index in [1.807, 2.05) is 6.92 Å². The Morgan fingerprint density at radius 3 is 2.46 bits per heavy atom. The molecule has 0 aromatic heterocycles. The maximum atomic E-state index is 12.8. The second kappa shape index (κ2) is 7.78. The summed E-state index contributed by atoms with van der Waals surface area (Å²) in [5, 5.41) is 3.17. The van der Waals surface area contributed by atoms with Crippen LogP contribution in [0.3, 0.4) is 0 Å². The van der Waals surface area contributed by atoms with Gasteiger partial charge in [0.05, 0.1) is 15.6 Å². The molecule has 1 heterocycles. The molecule has 26 heavy (non-hydrogen) atoms. The molecule has 3 rings (SSSR count). The lowest BCUT2D eigenvalue weighted by atomic mass is 10.1. The molecule has 1 aliphatic rings. The topological polar surface area (TPSA) is 66.5 Å². The summed E-state index contributed by atoms with van der Waals surface area (Å²) in [6.07, 6.45) is 2.80. The zero-order valence-electron chi connectivity index (χ0n) is 14.5. The Hall–Kier alpha value is -1.89. The molecule has 5 nitrogen and oxygen atoms in total. The highest BCUT2D eigenvalue weighted by molar-refractivity contribution is 7.89. The number of anilines is 1. The molecule has 2 aromatic carbocycles. The van der Waals surface area contributed by atoms with Crippen LogP contribution in [0.1, 0.15) is 36.5 Å². The van der Waals surface area contributed by atoms with Gasteiger partial charge in [-0.3, -0.25) is 4.79 Å². The van der Waals surface area contributed by atoms with Crippen LogP contribution in [0.15, 0.2) is 53.4 Å². The van der Waals surface area contributed by atoms with Crippen molar-refractivity contribution in [2.45, 2.75) is 37.1 Å². The summed E-state index contributed by atoms with van der Waals surface area (Å²) in [6.45, 7) is 2.47. The molecule has 2 aromatic rings. The Kier molecular flexibility index (Phi) is 5.65. The predicted octanol–water partition coefficient (Wildman–Crippen LogP) is 4.16. The normalized spacial score (nSPS) is 18.5. The Bertz CT molecular complexity index is 897.